The summed E-state index contributed by atoms with van der Waals surface area (Å²) >= 11 is 0. The number of hydrogen-bond donors (Lipinski definition) is 2. The van der Waals surface area contributed by atoms with Crippen LogP contribution in [0.25, 0.3) is 0 Å². The third-order valence-electron chi connectivity index (χ3n) is 5.54. The summed E-state index contributed by atoms with van der Waals surface area (Å²) in [7, 11) is 0. The summed E-state index contributed by atoms with van der Waals surface area (Å²) in [5, 5.41) is 16.4. The molecule has 0 saturated heterocycles. The Labute approximate surface area is 147 Å². The number of rotatable bonds is 8. The minimum atomic E-state index is -1.09. The molecule has 0 unspecified atom stereocenters. The first kappa shape index (κ1) is 17.9. The van der Waals surface area contributed by atoms with E-state index >= 15 is 0 Å². The molecule has 1 aromatic heterocycles. The minimum absolute atomic E-state index is 0.209. The average Bonchev–Trinajstić information content (AvgIpc) is 3.34. The highest BCUT2D eigenvalue weighted by atomic mass is 16.5. The van der Waals surface area contributed by atoms with Gasteiger partial charge in [-0.25, -0.2) is 4.79 Å². The van der Waals surface area contributed by atoms with Crippen LogP contribution < -0.4 is 5.32 Å². The number of carbonyl (C=O) groups excluding carboxylic acids is 1. The van der Waals surface area contributed by atoms with Crippen LogP contribution in [0.4, 0.5) is 0 Å². The fourth-order valence-corrected chi connectivity index (χ4v) is 3.58. The Morgan fingerprint density at radius 3 is 2.60 bits per heavy atom. The van der Waals surface area contributed by atoms with Crippen molar-refractivity contribution in [2.45, 2.75) is 82.6 Å². The predicted octanol–water partition coefficient (Wildman–Crippen LogP) is 2.81. The first-order valence-electron chi connectivity index (χ1n) is 9.39. The van der Waals surface area contributed by atoms with Crippen molar-refractivity contribution in [3.05, 3.63) is 11.7 Å². The lowest BCUT2D eigenvalue weighted by atomic mass is 9.75. The molecule has 1 aromatic rings. The fraction of sp³-hybridized carbons (Fsp3) is 0.778. The van der Waals surface area contributed by atoms with Gasteiger partial charge < -0.3 is 14.9 Å². The van der Waals surface area contributed by atoms with E-state index in [2.05, 4.69) is 22.4 Å². The van der Waals surface area contributed by atoms with Crippen LogP contribution in [-0.2, 0) is 16.0 Å². The maximum atomic E-state index is 12.2. The van der Waals surface area contributed by atoms with Crippen molar-refractivity contribution in [3.63, 3.8) is 0 Å². The molecule has 0 aromatic carbocycles. The Morgan fingerprint density at radius 1 is 1.28 bits per heavy atom. The summed E-state index contributed by atoms with van der Waals surface area (Å²) in [5.41, 5.74) is -1.09. The highest BCUT2D eigenvalue weighted by Gasteiger charge is 2.42. The third-order valence-corrected chi connectivity index (χ3v) is 5.54. The van der Waals surface area contributed by atoms with Gasteiger partial charge in [0.15, 0.2) is 5.82 Å². The Balaban J connectivity index is 1.45. The monoisotopic (exact) mass is 349 g/mol. The van der Waals surface area contributed by atoms with Crippen molar-refractivity contribution in [1.82, 2.24) is 15.5 Å². The normalized spacial score (nSPS) is 26.4. The zero-order valence-electron chi connectivity index (χ0n) is 14.8. The molecular formula is C18H27N3O4. The smallest absolute Gasteiger partial charge is 0.329 e. The first-order chi connectivity index (χ1) is 12.0. The topological polar surface area (TPSA) is 105 Å². The molecule has 138 valence electrons. The minimum Gasteiger partial charge on any atom is -0.480 e. The van der Waals surface area contributed by atoms with Crippen LogP contribution in [0.2, 0.25) is 0 Å². The highest BCUT2D eigenvalue weighted by Crippen LogP contribution is 2.38. The zero-order chi connectivity index (χ0) is 17.9. The summed E-state index contributed by atoms with van der Waals surface area (Å²) in [6.07, 6.45) is 7.45. The van der Waals surface area contributed by atoms with E-state index in [4.69, 9.17) is 4.52 Å². The van der Waals surface area contributed by atoms with Crippen LogP contribution in [0.5, 0.6) is 0 Å². The molecule has 1 heterocycles. The van der Waals surface area contributed by atoms with Gasteiger partial charge in [-0.1, -0.05) is 18.5 Å². The van der Waals surface area contributed by atoms with Gasteiger partial charge in [-0.05, 0) is 50.9 Å². The van der Waals surface area contributed by atoms with Gasteiger partial charge in [0.05, 0.1) is 0 Å². The average molecular weight is 349 g/mol. The molecule has 0 aliphatic heterocycles. The lowest BCUT2D eigenvalue weighted by Gasteiger charge is -2.37. The molecule has 2 fully saturated rings. The maximum absolute atomic E-state index is 12.2. The molecule has 25 heavy (non-hydrogen) atoms. The Morgan fingerprint density at radius 2 is 2.00 bits per heavy atom. The molecule has 2 N–H and O–H groups in total. The molecule has 0 atom stereocenters. The van der Waals surface area contributed by atoms with E-state index in [0.29, 0.717) is 43.4 Å². The molecule has 1 amide bonds. The molecule has 2 aliphatic carbocycles. The predicted molar refractivity (Wildman–Crippen MR) is 90.0 cm³/mol. The summed E-state index contributed by atoms with van der Waals surface area (Å²) < 4.78 is 5.19. The SMILES string of the molecule is CCC1CCC(NC(=O)CCCc2nc(C3CC3)no2)(C(=O)O)CC1. The Hall–Kier alpha value is -1.92. The zero-order valence-corrected chi connectivity index (χ0v) is 14.8. The number of carboxylic acids is 1. The van der Waals surface area contributed by atoms with E-state index < -0.39 is 11.5 Å². The molecular weight excluding hydrogens is 322 g/mol. The molecule has 7 heteroatoms. The number of nitrogens with zero attached hydrogens (tertiary/aromatic N) is 2. The molecule has 3 rings (SSSR count). The van der Waals surface area contributed by atoms with Gasteiger partial charge in [0.1, 0.15) is 5.54 Å². The number of aryl methyl sites for hydroxylation is 1. The number of amides is 1. The van der Waals surface area contributed by atoms with Crippen LogP contribution in [0.15, 0.2) is 4.52 Å². The summed E-state index contributed by atoms with van der Waals surface area (Å²) in [5.74, 6) is 1.24. The number of carboxylic acid groups (broad SMARTS) is 1. The second-order valence-corrected chi connectivity index (χ2v) is 7.46. The van der Waals surface area contributed by atoms with Gasteiger partial charge in [0.2, 0.25) is 11.8 Å². The van der Waals surface area contributed by atoms with Crippen molar-refractivity contribution in [2.75, 3.05) is 0 Å². The van der Waals surface area contributed by atoms with Gasteiger partial charge in [-0.3, -0.25) is 4.79 Å². The number of carbonyl (C=O) groups is 2. The summed E-state index contributed by atoms with van der Waals surface area (Å²) in [6, 6.07) is 0. The number of aromatic nitrogens is 2. The second-order valence-electron chi connectivity index (χ2n) is 7.46. The number of nitrogens with one attached hydrogen (secondary N) is 1. The van der Waals surface area contributed by atoms with Crippen LogP contribution in [0.3, 0.4) is 0 Å². The molecule has 2 aliphatic rings. The van der Waals surface area contributed by atoms with Crippen molar-refractivity contribution >= 4 is 11.9 Å². The quantitative estimate of drug-likeness (QED) is 0.747. The third kappa shape index (κ3) is 4.38. The lowest BCUT2D eigenvalue weighted by molar-refractivity contribution is -0.149. The summed E-state index contributed by atoms with van der Waals surface area (Å²) in [4.78, 5) is 28.3. The molecule has 7 nitrogen and oxygen atoms in total. The van der Waals surface area contributed by atoms with E-state index in [1.165, 1.54) is 0 Å². The van der Waals surface area contributed by atoms with Gasteiger partial charge in [-0.15, -0.1) is 0 Å². The van der Waals surface area contributed by atoms with Gasteiger partial charge in [-0.2, -0.15) is 4.98 Å². The van der Waals surface area contributed by atoms with E-state index in [0.717, 1.165) is 37.9 Å². The lowest BCUT2D eigenvalue weighted by Crippen LogP contribution is -2.56. The molecule has 0 spiro atoms. The number of aliphatic carboxylic acids is 1. The van der Waals surface area contributed by atoms with E-state index in [1.54, 1.807) is 0 Å². The second kappa shape index (κ2) is 7.54. The highest BCUT2D eigenvalue weighted by molar-refractivity contribution is 5.87. The van der Waals surface area contributed by atoms with Gasteiger partial charge >= 0.3 is 5.97 Å². The van der Waals surface area contributed by atoms with Crippen LogP contribution >= 0.6 is 0 Å². The molecule has 2 saturated carbocycles. The van der Waals surface area contributed by atoms with Gasteiger partial charge in [0, 0.05) is 18.8 Å². The summed E-state index contributed by atoms with van der Waals surface area (Å²) in [6.45, 7) is 2.13. The van der Waals surface area contributed by atoms with Crippen molar-refractivity contribution in [2.24, 2.45) is 5.92 Å². The van der Waals surface area contributed by atoms with Crippen molar-refractivity contribution in [1.29, 1.82) is 0 Å². The molecule has 0 radical (unpaired) electrons. The van der Waals surface area contributed by atoms with Crippen LogP contribution in [0.1, 0.15) is 82.3 Å². The van der Waals surface area contributed by atoms with Crippen LogP contribution in [0, 0.1) is 5.92 Å². The van der Waals surface area contributed by atoms with Crippen LogP contribution in [-0.4, -0.2) is 32.7 Å². The number of hydrogen-bond acceptors (Lipinski definition) is 5. The first-order valence-corrected chi connectivity index (χ1v) is 9.39. The van der Waals surface area contributed by atoms with E-state index in [9.17, 15) is 14.7 Å². The Bertz CT molecular complexity index is 616. The Kier molecular flexibility index (Phi) is 5.39. The fourth-order valence-electron chi connectivity index (χ4n) is 3.58. The maximum Gasteiger partial charge on any atom is 0.329 e. The van der Waals surface area contributed by atoms with Crippen molar-refractivity contribution < 1.29 is 19.2 Å². The molecule has 0 bridgehead atoms. The largest absolute Gasteiger partial charge is 0.480 e. The standard InChI is InChI=1S/C18H27N3O4/c1-2-12-8-10-18(11-9-12,17(23)24)20-14(22)4-3-5-15-19-16(21-25-15)13-6-7-13/h12-13H,2-11H2,1H3,(H,20,22)(H,23,24). The van der Waals surface area contributed by atoms with E-state index in [1.807, 2.05) is 0 Å². The van der Waals surface area contributed by atoms with Gasteiger partial charge in [0.25, 0.3) is 0 Å². The van der Waals surface area contributed by atoms with Crippen molar-refractivity contribution in [3.8, 4) is 0 Å². The van der Waals surface area contributed by atoms with E-state index in [-0.39, 0.29) is 12.3 Å².